The molecule has 1 aromatic carbocycles. The van der Waals surface area contributed by atoms with Crippen molar-refractivity contribution in [3.63, 3.8) is 0 Å². The molecule has 0 unspecified atom stereocenters. The van der Waals surface area contributed by atoms with Gasteiger partial charge in [0.15, 0.2) is 0 Å². The molecule has 0 aliphatic carbocycles. The second-order valence-electron chi connectivity index (χ2n) is 5.38. The van der Waals surface area contributed by atoms with E-state index in [1.807, 2.05) is 35.9 Å². The quantitative estimate of drug-likeness (QED) is 0.713. The summed E-state index contributed by atoms with van der Waals surface area (Å²) in [6, 6.07) is 7.94. The molecule has 23 heavy (non-hydrogen) atoms. The van der Waals surface area contributed by atoms with Crippen molar-refractivity contribution in [2.75, 3.05) is 26.1 Å². The Morgan fingerprint density at radius 2 is 2.09 bits per heavy atom. The zero-order valence-corrected chi connectivity index (χ0v) is 13.4. The van der Waals surface area contributed by atoms with E-state index >= 15 is 0 Å². The molecule has 0 aliphatic heterocycles. The molecule has 0 aliphatic rings. The van der Waals surface area contributed by atoms with E-state index in [2.05, 4.69) is 5.10 Å². The predicted octanol–water partition coefficient (Wildman–Crippen LogP) is 1.20. The summed E-state index contributed by atoms with van der Waals surface area (Å²) < 4.78 is 8.81. The van der Waals surface area contributed by atoms with Gasteiger partial charge in [-0.1, -0.05) is 12.1 Å². The molecular formula is C16H21N5O2. The van der Waals surface area contributed by atoms with E-state index in [4.69, 9.17) is 15.5 Å². The maximum absolute atomic E-state index is 9.20. The number of aliphatic hydroxyl groups is 1. The lowest BCUT2D eigenvalue weighted by molar-refractivity contribution is 0.201. The van der Waals surface area contributed by atoms with Crippen molar-refractivity contribution in [1.82, 2.24) is 19.3 Å². The average molecular weight is 315 g/mol. The molecule has 122 valence electrons. The van der Waals surface area contributed by atoms with Crippen molar-refractivity contribution in [1.29, 1.82) is 0 Å². The second-order valence-corrected chi connectivity index (χ2v) is 5.38. The van der Waals surface area contributed by atoms with Gasteiger partial charge in [-0.05, 0) is 12.1 Å². The van der Waals surface area contributed by atoms with Gasteiger partial charge in [-0.15, -0.1) is 0 Å². The van der Waals surface area contributed by atoms with Crippen LogP contribution in [0.5, 0.6) is 0 Å². The van der Waals surface area contributed by atoms with Crippen LogP contribution in [-0.2, 0) is 24.8 Å². The van der Waals surface area contributed by atoms with Crippen LogP contribution in [0.3, 0.4) is 0 Å². The van der Waals surface area contributed by atoms with Gasteiger partial charge in [0, 0.05) is 20.6 Å². The maximum atomic E-state index is 9.20. The molecule has 0 spiro atoms. The van der Waals surface area contributed by atoms with Crippen LogP contribution in [0.25, 0.3) is 22.4 Å². The third-order valence-electron chi connectivity index (χ3n) is 3.93. The van der Waals surface area contributed by atoms with Gasteiger partial charge in [0.2, 0.25) is 0 Å². The summed E-state index contributed by atoms with van der Waals surface area (Å²) in [5, 5.41) is 13.7. The zero-order valence-electron chi connectivity index (χ0n) is 13.4. The van der Waals surface area contributed by atoms with E-state index in [1.54, 1.807) is 11.8 Å². The molecule has 0 amide bonds. The van der Waals surface area contributed by atoms with E-state index in [-0.39, 0.29) is 6.61 Å². The van der Waals surface area contributed by atoms with Crippen molar-refractivity contribution in [2.24, 2.45) is 7.05 Å². The van der Waals surface area contributed by atoms with Crippen LogP contribution in [0.1, 0.15) is 5.69 Å². The van der Waals surface area contributed by atoms with Crippen LogP contribution in [-0.4, -0.2) is 44.8 Å². The van der Waals surface area contributed by atoms with E-state index in [1.165, 1.54) is 0 Å². The number of aliphatic hydroxyl groups excluding tert-OH is 1. The maximum Gasteiger partial charge on any atom is 0.146 e. The highest BCUT2D eigenvalue weighted by molar-refractivity contribution is 5.83. The Kier molecular flexibility index (Phi) is 4.31. The number of fused-ring (bicyclic) bond motifs is 1. The van der Waals surface area contributed by atoms with Gasteiger partial charge in [0.1, 0.15) is 11.6 Å². The van der Waals surface area contributed by atoms with Crippen LogP contribution in [0.15, 0.2) is 24.3 Å². The van der Waals surface area contributed by atoms with Gasteiger partial charge in [-0.25, -0.2) is 9.67 Å². The second kappa shape index (κ2) is 6.39. The smallest absolute Gasteiger partial charge is 0.146 e. The summed E-state index contributed by atoms with van der Waals surface area (Å²) in [6.07, 6.45) is 0.637. The Morgan fingerprint density at radius 1 is 1.30 bits per heavy atom. The molecule has 2 heterocycles. The monoisotopic (exact) mass is 315 g/mol. The molecule has 2 aromatic heterocycles. The van der Waals surface area contributed by atoms with E-state index in [0.29, 0.717) is 25.4 Å². The fraction of sp³-hybridized carbons (Fsp3) is 0.375. The molecule has 0 radical (unpaired) electrons. The van der Waals surface area contributed by atoms with E-state index in [9.17, 15) is 5.11 Å². The van der Waals surface area contributed by atoms with Gasteiger partial charge < -0.3 is 20.1 Å². The molecule has 0 fully saturated rings. The minimum absolute atomic E-state index is 0.0163. The van der Waals surface area contributed by atoms with Crippen molar-refractivity contribution in [2.45, 2.75) is 13.0 Å². The first-order chi connectivity index (χ1) is 11.2. The number of ether oxygens (including phenoxy) is 1. The Bertz CT molecular complexity index is 821. The highest BCUT2D eigenvalue weighted by atomic mass is 16.5. The van der Waals surface area contributed by atoms with Crippen LogP contribution in [0, 0.1) is 0 Å². The van der Waals surface area contributed by atoms with Crippen molar-refractivity contribution in [3.8, 4) is 11.4 Å². The number of benzene rings is 1. The standard InChI is InChI=1S/C16H21N5O2/c1-20-13-6-4-3-5-11(13)18-16(20)14-12(7-10-23-2)19-21(8-9-22)15(14)17/h3-6,22H,7-10,17H2,1-2H3. The lowest BCUT2D eigenvalue weighted by atomic mass is 10.1. The lowest BCUT2D eigenvalue weighted by Gasteiger charge is -2.05. The summed E-state index contributed by atoms with van der Waals surface area (Å²) in [4.78, 5) is 4.71. The number of anilines is 1. The van der Waals surface area contributed by atoms with Crippen LogP contribution < -0.4 is 5.73 Å². The number of aryl methyl sites for hydroxylation is 1. The number of imidazole rings is 1. The van der Waals surface area contributed by atoms with Crippen LogP contribution >= 0.6 is 0 Å². The van der Waals surface area contributed by atoms with E-state index < -0.39 is 0 Å². The minimum atomic E-state index is -0.0163. The number of methoxy groups -OCH3 is 1. The molecule has 0 saturated heterocycles. The van der Waals surface area contributed by atoms with Crippen molar-refractivity contribution < 1.29 is 9.84 Å². The molecule has 3 aromatic rings. The van der Waals surface area contributed by atoms with Gasteiger partial charge >= 0.3 is 0 Å². The first kappa shape index (κ1) is 15.5. The van der Waals surface area contributed by atoms with Gasteiger partial charge in [0.25, 0.3) is 0 Å². The highest BCUT2D eigenvalue weighted by Crippen LogP contribution is 2.31. The first-order valence-corrected chi connectivity index (χ1v) is 7.54. The molecular weight excluding hydrogens is 294 g/mol. The molecule has 7 heteroatoms. The minimum Gasteiger partial charge on any atom is -0.394 e. The third kappa shape index (κ3) is 2.69. The summed E-state index contributed by atoms with van der Waals surface area (Å²) >= 11 is 0. The number of para-hydroxylation sites is 2. The van der Waals surface area contributed by atoms with Crippen LogP contribution in [0.4, 0.5) is 5.82 Å². The molecule has 3 N–H and O–H groups in total. The number of nitrogen functional groups attached to an aromatic ring is 1. The average Bonchev–Trinajstić information content (AvgIpc) is 3.04. The lowest BCUT2D eigenvalue weighted by Crippen LogP contribution is -2.08. The fourth-order valence-corrected chi connectivity index (χ4v) is 2.78. The van der Waals surface area contributed by atoms with Crippen molar-refractivity contribution in [3.05, 3.63) is 30.0 Å². The Morgan fingerprint density at radius 3 is 2.78 bits per heavy atom. The Labute approximate surface area is 134 Å². The predicted molar refractivity (Wildman–Crippen MR) is 89.0 cm³/mol. The fourth-order valence-electron chi connectivity index (χ4n) is 2.78. The Balaban J connectivity index is 2.17. The summed E-state index contributed by atoms with van der Waals surface area (Å²) in [6.45, 7) is 0.889. The van der Waals surface area contributed by atoms with Crippen molar-refractivity contribution >= 4 is 16.9 Å². The van der Waals surface area contributed by atoms with Gasteiger partial charge in [0.05, 0.1) is 42.0 Å². The largest absolute Gasteiger partial charge is 0.394 e. The highest BCUT2D eigenvalue weighted by Gasteiger charge is 2.21. The summed E-state index contributed by atoms with van der Waals surface area (Å²) in [5.74, 6) is 1.29. The SMILES string of the molecule is COCCc1nn(CCO)c(N)c1-c1nc2ccccc2n1C. The number of nitrogens with zero attached hydrogens (tertiary/aromatic N) is 4. The molecule has 0 atom stereocenters. The normalized spacial score (nSPS) is 11.4. The topological polar surface area (TPSA) is 91.1 Å². The van der Waals surface area contributed by atoms with E-state index in [0.717, 1.165) is 28.1 Å². The molecule has 3 rings (SSSR count). The summed E-state index contributed by atoms with van der Waals surface area (Å²) in [7, 11) is 3.62. The van der Waals surface area contributed by atoms with Gasteiger partial charge in [-0.2, -0.15) is 5.10 Å². The van der Waals surface area contributed by atoms with Gasteiger partial charge in [-0.3, -0.25) is 0 Å². The zero-order chi connectivity index (χ0) is 16.4. The van der Waals surface area contributed by atoms with Crippen LogP contribution in [0.2, 0.25) is 0 Å². The third-order valence-corrected chi connectivity index (χ3v) is 3.93. The number of hydrogen-bond acceptors (Lipinski definition) is 5. The Hall–Kier alpha value is -2.38. The summed E-state index contributed by atoms with van der Waals surface area (Å²) in [5.41, 5.74) is 9.87. The number of aromatic nitrogens is 4. The first-order valence-electron chi connectivity index (χ1n) is 7.54. The number of hydrogen-bond donors (Lipinski definition) is 2. The molecule has 0 bridgehead atoms. The number of nitrogens with two attached hydrogens (primary N) is 1. The molecule has 7 nitrogen and oxygen atoms in total. The number of rotatable bonds is 6. The molecule has 0 saturated carbocycles.